The molecule has 0 saturated carbocycles. The number of carboxylic acids is 1. The lowest BCUT2D eigenvalue weighted by Gasteiger charge is -2.06. The predicted octanol–water partition coefficient (Wildman–Crippen LogP) is 0.803. The molecule has 0 fully saturated rings. The number of carboxylic acid groups (broad SMARTS) is 1. The molecule has 7 heteroatoms. The molecule has 0 spiro atoms. The minimum atomic E-state index is -1.06. The van der Waals surface area contributed by atoms with Gasteiger partial charge in [0.2, 0.25) is 0 Å². The van der Waals surface area contributed by atoms with Gasteiger partial charge in [-0.2, -0.15) is 0 Å². The number of aromatic carboxylic acids is 1. The Balaban J connectivity index is 2.12. The second-order valence-corrected chi connectivity index (χ2v) is 4.26. The Morgan fingerprint density at radius 2 is 2.10 bits per heavy atom. The highest BCUT2D eigenvalue weighted by Crippen LogP contribution is 2.09. The number of hydrogen-bond donors (Lipinski definition) is 1. The molecule has 0 saturated heterocycles. The molecule has 0 aliphatic carbocycles. The third-order valence-electron chi connectivity index (χ3n) is 2.94. The van der Waals surface area contributed by atoms with Gasteiger partial charge < -0.3 is 9.84 Å². The summed E-state index contributed by atoms with van der Waals surface area (Å²) >= 11 is 0. The minimum Gasteiger partial charge on any atom is -0.476 e. The molecule has 0 bridgehead atoms. The average Bonchev–Trinajstić information content (AvgIpc) is 2.87. The molecule has 0 aliphatic rings. The van der Waals surface area contributed by atoms with Gasteiger partial charge in [-0.1, -0.05) is 5.21 Å². The van der Waals surface area contributed by atoms with E-state index in [0.29, 0.717) is 25.3 Å². The molecule has 7 nitrogen and oxygen atoms in total. The van der Waals surface area contributed by atoms with Crippen molar-refractivity contribution in [2.45, 2.75) is 19.4 Å². The van der Waals surface area contributed by atoms with E-state index in [9.17, 15) is 4.79 Å². The maximum atomic E-state index is 11.1. The number of carbonyl (C=O) groups is 1. The monoisotopic (exact) mass is 276 g/mol. The van der Waals surface area contributed by atoms with E-state index in [1.807, 2.05) is 12.1 Å². The van der Waals surface area contributed by atoms with Crippen LogP contribution in [-0.4, -0.2) is 44.8 Å². The molecule has 2 rings (SSSR count). The number of ether oxygens (including phenoxy) is 1. The van der Waals surface area contributed by atoms with Crippen LogP contribution in [0.2, 0.25) is 0 Å². The Morgan fingerprint density at radius 3 is 2.75 bits per heavy atom. The van der Waals surface area contributed by atoms with Crippen LogP contribution in [0.5, 0.6) is 0 Å². The first kappa shape index (κ1) is 14.1. The van der Waals surface area contributed by atoms with Crippen molar-refractivity contribution in [2.75, 3.05) is 13.7 Å². The molecular weight excluding hydrogens is 260 g/mol. The zero-order valence-corrected chi connectivity index (χ0v) is 11.2. The van der Waals surface area contributed by atoms with Crippen molar-refractivity contribution >= 4 is 5.97 Å². The summed E-state index contributed by atoms with van der Waals surface area (Å²) in [5, 5.41) is 16.7. The zero-order valence-electron chi connectivity index (χ0n) is 11.2. The van der Waals surface area contributed by atoms with Crippen LogP contribution < -0.4 is 0 Å². The zero-order chi connectivity index (χ0) is 14.4. The number of rotatable bonds is 7. The van der Waals surface area contributed by atoms with Crippen LogP contribution >= 0.6 is 0 Å². The summed E-state index contributed by atoms with van der Waals surface area (Å²) in [7, 11) is 1.57. The van der Waals surface area contributed by atoms with E-state index in [4.69, 9.17) is 9.84 Å². The van der Waals surface area contributed by atoms with Crippen molar-refractivity contribution in [3.63, 3.8) is 0 Å². The van der Waals surface area contributed by atoms with Crippen molar-refractivity contribution in [1.82, 2.24) is 20.0 Å². The smallest absolute Gasteiger partial charge is 0.358 e. The molecule has 2 heterocycles. The van der Waals surface area contributed by atoms with Crippen molar-refractivity contribution < 1.29 is 14.6 Å². The Labute approximate surface area is 116 Å². The van der Waals surface area contributed by atoms with Gasteiger partial charge in [0.1, 0.15) is 0 Å². The van der Waals surface area contributed by atoms with Gasteiger partial charge in [-0.25, -0.2) is 9.48 Å². The Bertz CT molecular complexity index is 568. The predicted molar refractivity (Wildman–Crippen MR) is 70.5 cm³/mol. The molecule has 0 aromatic carbocycles. The number of methoxy groups -OCH3 is 1. The number of pyridine rings is 1. The van der Waals surface area contributed by atoms with Gasteiger partial charge in [-0.3, -0.25) is 4.98 Å². The summed E-state index contributed by atoms with van der Waals surface area (Å²) < 4.78 is 6.63. The van der Waals surface area contributed by atoms with E-state index >= 15 is 0 Å². The molecule has 106 valence electrons. The van der Waals surface area contributed by atoms with E-state index in [1.54, 1.807) is 24.2 Å². The highest BCUT2D eigenvalue weighted by atomic mass is 16.5. The lowest BCUT2D eigenvalue weighted by atomic mass is 10.2. The van der Waals surface area contributed by atoms with Gasteiger partial charge in [0.05, 0.1) is 12.3 Å². The maximum absolute atomic E-state index is 11.1. The van der Waals surface area contributed by atoms with Gasteiger partial charge in [0, 0.05) is 32.5 Å². The standard InChI is InChI=1S/C13H16N4O3/c1-20-9-5-11-12(13(18)19)15-16-17(11)8-4-10-2-6-14-7-3-10/h2-3,6-7H,4-5,8-9H2,1H3,(H,18,19). The summed E-state index contributed by atoms with van der Waals surface area (Å²) in [6, 6.07) is 3.84. The fourth-order valence-electron chi connectivity index (χ4n) is 1.91. The third-order valence-corrected chi connectivity index (χ3v) is 2.94. The molecule has 2 aromatic heterocycles. The summed E-state index contributed by atoms with van der Waals surface area (Å²) in [5.41, 5.74) is 1.70. The minimum absolute atomic E-state index is 0.00298. The SMILES string of the molecule is COCCc1c(C(=O)O)nnn1CCc1ccncc1. The first-order chi connectivity index (χ1) is 9.72. The van der Waals surface area contributed by atoms with Crippen LogP contribution in [0.25, 0.3) is 0 Å². The quantitative estimate of drug-likeness (QED) is 0.804. The van der Waals surface area contributed by atoms with Crippen LogP contribution in [0.15, 0.2) is 24.5 Å². The molecule has 0 aliphatic heterocycles. The molecule has 0 unspecified atom stereocenters. The van der Waals surface area contributed by atoms with E-state index in [-0.39, 0.29) is 5.69 Å². The largest absolute Gasteiger partial charge is 0.476 e. The highest BCUT2D eigenvalue weighted by molar-refractivity contribution is 5.86. The second kappa shape index (κ2) is 6.76. The van der Waals surface area contributed by atoms with Crippen molar-refractivity contribution in [2.24, 2.45) is 0 Å². The first-order valence-electron chi connectivity index (χ1n) is 6.26. The average molecular weight is 276 g/mol. The fraction of sp³-hybridized carbons (Fsp3) is 0.385. The first-order valence-corrected chi connectivity index (χ1v) is 6.26. The topological polar surface area (TPSA) is 90.1 Å². The number of nitrogens with zero attached hydrogens (tertiary/aromatic N) is 4. The van der Waals surface area contributed by atoms with Crippen molar-refractivity contribution in [3.8, 4) is 0 Å². The number of aryl methyl sites for hydroxylation is 2. The molecule has 0 amide bonds. The second-order valence-electron chi connectivity index (χ2n) is 4.26. The molecule has 0 atom stereocenters. The van der Waals surface area contributed by atoms with Gasteiger partial charge >= 0.3 is 5.97 Å². The van der Waals surface area contributed by atoms with E-state index in [1.165, 1.54) is 0 Å². The highest BCUT2D eigenvalue weighted by Gasteiger charge is 2.18. The van der Waals surface area contributed by atoms with Crippen LogP contribution in [0, 0.1) is 0 Å². The Kier molecular flexibility index (Phi) is 4.78. The third kappa shape index (κ3) is 3.39. The van der Waals surface area contributed by atoms with Gasteiger partial charge in [-0.05, 0) is 24.1 Å². The number of aromatic nitrogens is 4. The maximum Gasteiger partial charge on any atom is 0.358 e. The number of hydrogen-bond acceptors (Lipinski definition) is 5. The molecule has 0 radical (unpaired) electrons. The van der Waals surface area contributed by atoms with E-state index in [0.717, 1.165) is 12.0 Å². The van der Waals surface area contributed by atoms with Gasteiger partial charge in [0.25, 0.3) is 0 Å². The van der Waals surface area contributed by atoms with E-state index < -0.39 is 5.97 Å². The normalized spacial score (nSPS) is 10.7. The molecule has 20 heavy (non-hydrogen) atoms. The van der Waals surface area contributed by atoms with Crippen LogP contribution in [0.3, 0.4) is 0 Å². The lowest BCUT2D eigenvalue weighted by molar-refractivity contribution is 0.0688. The molecule has 1 N–H and O–H groups in total. The van der Waals surface area contributed by atoms with E-state index in [2.05, 4.69) is 15.3 Å². The summed E-state index contributed by atoms with van der Waals surface area (Å²) in [4.78, 5) is 15.1. The summed E-state index contributed by atoms with van der Waals surface area (Å²) in [6.07, 6.45) is 4.67. The van der Waals surface area contributed by atoms with Gasteiger partial charge in [0.15, 0.2) is 5.69 Å². The molecular formula is C13H16N4O3. The molecule has 2 aromatic rings. The van der Waals surface area contributed by atoms with Crippen LogP contribution in [-0.2, 0) is 24.1 Å². The van der Waals surface area contributed by atoms with Crippen LogP contribution in [0.4, 0.5) is 0 Å². The van der Waals surface area contributed by atoms with Gasteiger partial charge in [-0.15, -0.1) is 5.10 Å². The van der Waals surface area contributed by atoms with Crippen molar-refractivity contribution in [3.05, 3.63) is 41.5 Å². The van der Waals surface area contributed by atoms with Crippen molar-refractivity contribution in [1.29, 1.82) is 0 Å². The van der Waals surface area contributed by atoms with Crippen LogP contribution in [0.1, 0.15) is 21.7 Å². The summed E-state index contributed by atoms with van der Waals surface area (Å²) in [6.45, 7) is 1.01. The lowest BCUT2D eigenvalue weighted by Crippen LogP contribution is -2.12. The summed E-state index contributed by atoms with van der Waals surface area (Å²) in [5.74, 6) is -1.06. The Morgan fingerprint density at radius 1 is 1.35 bits per heavy atom. The Hall–Kier alpha value is -2.28. The fourth-order valence-corrected chi connectivity index (χ4v) is 1.91.